The van der Waals surface area contributed by atoms with Gasteiger partial charge in [-0.05, 0) is 50.2 Å². The van der Waals surface area contributed by atoms with E-state index in [9.17, 15) is 4.79 Å². The predicted molar refractivity (Wildman–Crippen MR) is 141 cm³/mol. The largest absolute Gasteiger partial charge is 0.332 e. The van der Waals surface area contributed by atoms with E-state index in [2.05, 4.69) is 71.7 Å². The topological polar surface area (TPSA) is 48.2 Å². The molecular weight excluding hydrogens is 458 g/mol. The molecule has 2 aromatic heterocycles. The number of hydrogen-bond donors (Lipinski definition) is 1. The van der Waals surface area contributed by atoms with Crippen LogP contribution in [0.5, 0.6) is 0 Å². The minimum absolute atomic E-state index is 0.143. The number of fused-ring (bicyclic) bond motifs is 13. The summed E-state index contributed by atoms with van der Waals surface area (Å²) in [5.74, 6) is 0.465. The molecule has 2 aliphatic heterocycles. The Morgan fingerprint density at radius 2 is 1.89 bits per heavy atom. The summed E-state index contributed by atoms with van der Waals surface area (Å²) in [6.45, 7) is 4.53. The zero-order valence-corrected chi connectivity index (χ0v) is 20.7. The lowest BCUT2D eigenvalue weighted by Gasteiger charge is -2.48. The average Bonchev–Trinajstić information content (AvgIpc) is 3.48. The summed E-state index contributed by atoms with van der Waals surface area (Å²) in [5, 5.41) is 8.81. The smallest absolute Gasteiger partial charge is 0.164 e. The van der Waals surface area contributed by atoms with Gasteiger partial charge in [0.05, 0.1) is 22.1 Å². The van der Waals surface area contributed by atoms with E-state index in [1.54, 1.807) is 0 Å². The Labute approximate surface area is 207 Å². The average molecular weight is 484 g/mol. The summed E-state index contributed by atoms with van der Waals surface area (Å²) in [5.41, 5.74) is 6.04. The maximum Gasteiger partial charge on any atom is 0.164 e. The van der Waals surface area contributed by atoms with Crippen LogP contribution in [-0.2, 0) is 16.9 Å². The number of para-hydroxylation sites is 1. The van der Waals surface area contributed by atoms with Crippen LogP contribution in [0.3, 0.4) is 0 Å². The van der Waals surface area contributed by atoms with Gasteiger partial charge in [-0.15, -0.1) is 0 Å². The molecular formula is C29H26ClN3O2. The molecule has 0 saturated carbocycles. The van der Waals surface area contributed by atoms with E-state index in [1.165, 1.54) is 16.5 Å². The van der Waals surface area contributed by atoms with Crippen LogP contribution < -0.4 is 5.32 Å². The molecule has 0 unspecified atom stereocenters. The van der Waals surface area contributed by atoms with E-state index < -0.39 is 5.72 Å². The molecule has 2 bridgehead atoms. The van der Waals surface area contributed by atoms with Gasteiger partial charge >= 0.3 is 0 Å². The molecule has 4 atom stereocenters. The van der Waals surface area contributed by atoms with Crippen molar-refractivity contribution in [2.75, 3.05) is 7.05 Å². The zero-order chi connectivity index (χ0) is 23.8. The molecule has 176 valence electrons. The van der Waals surface area contributed by atoms with Crippen molar-refractivity contribution >= 4 is 61.0 Å². The van der Waals surface area contributed by atoms with Crippen LogP contribution in [0.4, 0.5) is 0 Å². The van der Waals surface area contributed by atoms with Gasteiger partial charge in [0.15, 0.2) is 5.78 Å². The lowest BCUT2D eigenvalue weighted by molar-refractivity contribution is -0.224. The predicted octanol–water partition coefficient (Wildman–Crippen LogP) is 6.51. The summed E-state index contributed by atoms with van der Waals surface area (Å²) in [7, 11) is 2.05. The third-order valence-corrected chi connectivity index (χ3v) is 9.42. The molecule has 3 aliphatic rings. The second-order valence-corrected chi connectivity index (χ2v) is 11.1. The first-order valence-electron chi connectivity index (χ1n) is 12.5. The molecule has 3 aromatic carbocycles. The van der Waals surface area contributed by atoms with Crippen LogP contribution in [0, 0.1) is 5.92 Å². The number of hydrogen-bond acceptors (Lipinski definition) is 3. The van der Waals surface area contributed by atoms with Crippen LogP contribution in [0.25, 0.3) is 43.6 Å². The van der Waals surface area contributed by atoms with Crippen molar-refractivity contribution in [3.05, 3.63) is 58.6 Å². The molecule has 1 fully saturated rings. The molecule has 5 nitrogen and oxygen atoms in total. The van der Waals surface area contributed by atoms with Gasteiger partial charge < -0.3 is 19.2 Å². The number of halogens is 1. The summed E-state index contributed by atoms with van der Waals surface area (Å²) in [6.07, 6.45) is 2.05. The molecule has 8 rings (SSSR count). The number of rotatable bonds is 1. The normalized spacial score (nSPS) is 27.5. The molecule has 35 heavy (non-hydrogen) atoms. The third-order valence-electron chi connectivity index (χ3n) is 9.18. The number of Topliss-reactive ketones (excluding diaryl/α,β-unsaturated/α-hetero) is 1. The van der Waals surface area contributed by atoms with Crippen molar-refractivity contribution in [2.45, 2.75) is 51.1 Å². The Hall–Kier alpha value is -2.86. The Morgan fingerprint density at radius 1 is 1.06 bits per heavy atom. The third kappa shape index (κ3) is 2.22. The van der Waals surface area contributed by atoms with E-state index in [0.717, 1.165) is 51.1 Å². The Morgan fingerprint density at radius 3 is 2.71 bits per heavy atom. The number of carbonyl (C=O) groups is 1. The number of carbonyl (C=O) groups excluding carboxylic acids is 1. The van der Waals surface area contributed by atoms with Gasteiger partial charge in [0, 0.05) is 56.9 Å². The summed E-state index contributed by atoms with van der Waals surface area (Å²) >= 11 is 6.57. The van der Waals surface area contributed by atoms with Gasteiger partial charge in [-0.3, -0.25) is 4.79 Å². The van der Waals surface area contributed by atoms with E-state index in [1.807, 2.05) is 6.07 Å². The molecule has 1 saturated heterocycles. The summed E-state index contributed by atoms with van der Waals surface area (Å²) in [6, 6.07) is 15.0. The van der Waals surface area contributed by atoms with Crippen molar-refractivity contribution in [2.24, 2.45) is 5.92 Å². The molecule has 0 amide bonds. The number of nitrogens with zero attached hydrogens (tertiary/aromatic N) is 2. The van der Waals surface area contributed by atoms with Gasteiger partial charge in [-0.25, -0.2) is 0 Å². The van der Waals surface area contributed by atoms with Crippen molar-refractivity contribution in [3.8, 4) is 0 Å². The molecule has 1 aliphatic carbocycles. The van der Waals surface area contributed by atoms with Crippen molar-refractivity contribution in [1.82, 2.24) is 14.5 Å². The highest BCUT2D eigenvalue weighted by molar-refractivity contribution is 6.34. The molecule has 5 aromatic rings. The Balaban J connectivity index is 1.74. The van der Waals surface area contributed by atoms with Crippen LogP contribution in [0.2, 0.25) is 5.02 Å². The van der Waals surface area contributed by atoms with Crippen LogP contribution in [-0.4, -0.2) is 28.0 Å². The fourth-order valence-corrected chi connectivity index (χ4v) is 7.68. The second-order valence-electron chi connectivity index (χ2n) is 10.7. The molecule has 0 radical (unpaired) electrons. The van der Waals surface area contributed by atoms with Crippen molar-refractivity contribution in [3.63, 3.8) is 0 Å². The Kier molecular flexibility index (Phi) is 3.76. The van der Waals surface area contributed by atoms with Crippen molar-refractivity contribution in [1.29, 1.82) is 0 Å². The minimum Gasteiger partial charge on any atom is -0.332 e. The molecule has 6 heteroatoms. The van der Waals surface area contributed by atoms with E-state index in [4.69, 9.17) is 16.3 Å². The number of aryl methyl sites for hydroxylation is 1. The lowest BCUT2D eigenvalue weighted by atomic mass is 9.85. The van der Waals surface area contributed by atoms with E-state index >= 15 is 0 Å². The highest BCUT2D eigenvalue weighted by atomic mass is 35.5. The first-order chi connectivity index (χ1) is 16.9. The zero-order valence-electron chi connectivity index (χ0n) is 20.0. The second kappa shape index (κ2) is 6.47. The number of benzene rings is 3. The SMILES string of the molecule is CN[C@@H]1C[C@H]2O[C@@](C)([C@@H]1C)n1c3ccc(Cl)cc3c3c4c(c5c6ccccc6n2c5c31)C(=O)CC4. The first-order valence-corrected chi connectivity index (χ1v) is 12.9. The van der Waals surface area contributed by atoms with Gasteiger partial charge in [0.25, 0.3) is 0 Å². The molecule has 0 spiro atoms. The van der Waals surface area contributed by atoms with Gasteiger partial charge in [-0.2, -0.15) is 0 Å². The highest BCUT2D eigenvalue weighted by Gasteiger charge is 2.50. The van der Waals surface area contributed by atoms with Gasteiger partial charge in [-0.1, -0.05) is 36.7 Å². The Bertz CT molecular complexity index is 1780. The monoisotopic (exact) mass is 483 g/mol. The van der Waals surface area contributed by atoms with Crippen molar-refractivity contribution < 1.29 is 9.53 Å². The van der Waals surface area contributed by atoms with Gasteiger partial charge in [0.2, 0.25) is 0 Å². The van der Waals surface area contributed by atoms with Crippen LogP contribution in [0.15, 0.2) is 42.5 Å². The summed E-state index contributed by atoms with van der Waals surface area (Å²) < 4.78 is 12.0. The molecule has 4 heterocycles. The first kappa shape index (κ1) is 20.3. The number of ketones is 1. The maximum atomic E-state index is 13.4. The number of nitrogens with one attached hydrogen (secondary N) is 1. The standard InChI is InChI=1S/C29H26ClN3O2/c1-14-19(31-3)13-23-32-20-7-5-4-6-16(20)26-25-17(9-11-22(25)34)24-18-12-15(30)8-10-21(18)33(28(24)27(26)32)29(14,2)35-23/h4-8,10,12,14,19,23,31H,9,11,13H2,1-3H3/t14-,19-,23-,29+/m1/s1. The fraction of sp³-hybridized carbons (Fsp3) is 0.345. The fourth-order valence-electron chi connectivity index (χ4n) is 7.51. The van der Waals surface area contributed by atoms with Crippen LogP contribution >= 0.6 is 11.6 Å². The number of aromatic nitrogens is 2. The molecule has 1 N–H and O–H groups in total. The van der Waals surface area contributed by atoms with E-state index in [-0.39, 0.29) is 24.0 Å². The quantitative estimate of drug-likeness (QED) is 0.295. The van der Waals surface area contributed by atoms with E-state index in [0.29, 0.717) is 11.4 Å². The summed E-state index contributed by atoms with van der Waals surface area (Å²) in [4.78, 5) is 13.4. The maximum absolute atomic E-state index is 13.4. The number of ether oxygens (including phenoxy) is 1. The van der Waals surface area contributed by atoms with Gasteiger partial charge in [0.1, 0.15) is 12.0 Å². The van der Waals surface area contributed by atoms with Crippen LogP contribution in [0.1, 0.15) is 48.8 Å². The minimum atomic E-state index is -0.575. The highest BCUT2D eigenvalue weighted by Crippen LogP contribution is 2.55. The lowest BCUT2D eigenvalue weighted by Crippen LogP contribution is -2.54.